The molecular weight excluding hydrogens is 310 g/mol. The second-order valence-corrected chi connectivity index (χ2v) is 7.31. The van der Waals surface area contributed by atoms with Gasteiger partial charge in [0.2, 0.25) is 0 Å². The number of rotatable bonds is 9. The van der Waals surface area contributed by atoms with Gasteiger partial charge in [-0.05, 0) is 26.2 Å². The molecule has 122 valence electrons. The molecule has 1 aromatic rings. The van der Waals surface area contributed by atoms with Crippen LogP contribution in [0, 0.1) is 6.92 Å². The first-order valence-corrected chi connectivity index (χ1v) is 9.51. The molecular formula is C14H26ClN3O2S. The van der Waals surface area contributed by atoms with E-state index in [1.807, 2.05) is 25.3 Å². The van der Waals surface area contributed by atoms with E-state index in [-0.39, 0.29) is 16.9 Å². The summed E-state index contributed by atoms with van der Waals surface area (Å²) >= 11 is 5.80. The lowest BCUT2D eigenvalue weighted by Crippen LogP contribution is -2.41. The molecule has 0 saturated heterocycles. The molecule has 0 radical (unpaired) electrons. The van der Waals surface area contributed by atoms with E-state index in [1.165, 1.54) is 4.31 Å². The number of nitrogens with zero attached hydrogens (tertiary/aromatic N) is 3. The third-order valence-corrected chi connectivity index (χ3v) is 5.64. The van der Waals surface area contributed by atoms with Gasteiger partial charge in [-0.25, -0.2) is 13.4 Å². The summed E-state index contributed by atoms with van der Waals surface area (Å²) < 4.78 is 29.1. The number of aryl methyl sites for hydroxylation is 2. The van der Waals surface area contributed by atoms with Crippen molar-refractivity contribution in [2.24, 2.45) is 0 Å². The van der Waals surface area contributed by atoms with Crippen LogP contribution in [0.15, 0.2) is 11.2 Å². The van der Waals surface area contributed by atoms with Gasteiger partial charge in [-0.1, -0.05) is 20.8 Å². The standard InChI is InChI=1S/C14H26ClN3O2S/c1-5-9-17-11-14(16-12(17)4)21(19,20)18(10-8-15)13(6-2)7-3/h11,13H,5-10H2,1-4H3. The van der Waals surface area contributed by atoms with Crippen LogP contribution >= 0.6 is 11.6 Å². The highest BCUT2D eigenvalue weighted by Crippen LogP contribution is 2.21. The molecule has 1 rings (SSSR count). The summed E-state index contributed by atoms with van der Waals surface area (Å²) in [5, 5.41) is 0.130. The molecule has 7 heteroatoms. The van der Waals surface area contributed by atoms with Crippen molar-refractivity contribution in [1.82, 2.24) is 13.9 Å². The molecule has 0 fully saturated rings. The van der Waals surface area contributed by atoms with E-state index < -0.39 is 10.0 Å². The Hall–Kier alpha value is -0.590. The van der Waals surface area contributed by atoms with Gasteiger partial charge < -0.3 is 4.57 Å². The van der Waals surface area contributed by atoms with Gasteiger partial charge in [0.05, 0.1) is 0 Å². The van der Waals surface area contributed by atoms with Crippen LogP contribution in [0.2, 0.25) is 0 Å². The molecule has 0 spiro atoms. The van der Waals surface area contributed by atoms with Crippen LogP contribution in [-0.2, 0) is 16.6 Å². The number of hydrogen-bond acceptors (Lipinski definition) is 3. The molecule has 0 bridgehead atoms. The molecule has 0 N–H and O–H groups in total. The number of imidazole rings is 1. The van der Waals surface area contributed by atoms with Crippen LogP contribution in [-0.4, -0.2) is 40.7 Å². The molecule has 0 saturated carbocycles. The van der Waals surface area contributed by atoms with E-state index in [2.05, 4.69) is 11.9 Å². The number of halogens is 1. The van der Waals surface area contributed by atoms with Crippen molar-refractivity contribution in [3.8, 4) is 0 Å². The first-order valence-electron chi connectivity index (χ1n) is 7.53. The number of aromatic nitrogens is 2. The quantitative estimate of drug-likeness (QED) is 0.652. The minimum atomic E-state index is -3.59. The van der Waals surface area contributed by atoms with Crippen molar-refractivity contribution < 1.29 is 8.42 Å². The summed E-state index contributed by atoms with van der Waals surface area (Å²) in [6.07, 6.45) is 4.11. The number of hydrogen-bond donors (Lipinski definition) is 0. The van der Waals surface area contributed by atoms with Gasteiger partial charge in [-0.15, -0.1) is 11.6 Å². The minimum Gasteiger partial charge on any atom is -0.334 e. The van der Waals surface area contributed by atoms with Gasteiger partial charge >= 0.3 is 0 Å². The van der Waals surface area contributed by atoms with E-state index >= 15 is 0 Å². The van der Waals surface area contributed by atoms with Crippen molar-refractivity contribution in [3.63, 3.8) is 0 Å². The van der Waals surface area contributed by atoms with Gasteiger partial charge in [0, 0.05) is 31.2 Å². The number of sulfonamides is 1. The minimum absolute atomic E-state index is 0.0367. The monoisotopic (exact) mass is 335 g/mol. The fourth-order valence-electron chi connectivity index (χ4n) is 2.47. The topological polar surface area (TPSA) is 55.2 Å². The molecule has 0 amide bonds. The first-order chi connectivity index (χ1) is 9.92. The van der Waals surface area contributed by atoms with Crippen LogP contribution < -0.4 is 0 Å². The van der Waals surface area contributed by atoms with Crippen molar-refractivity contribution in [2.45, 2.75) is 64.6 Å². The third-order valence-electron chi connectivity index (χ3n) is 3.65. The van der Waals surface area contributed by atoms with E-state index in [4.69, 9.17) is 11.6 Å². The zero-order valence-electron chi connectivity index (χ0n) is 13.3. The van der Waals surface area contributed by atoms with Gasteiger partial charge in [0.1, 0.15) is 5.82 Å². The van der Waals surface area contributed by atoms with Crippen LogP contribution in [0.25, 0.3) is 0 Å². The van der Waals surface area contributed by atoms with Crippen LogP contribution in [0.4, 0.5) is 0 Å². The highest BCUT2D eigenvalue weighted by atomic mass is 35.5. The Morgan fingerprint density at radius 2 is 1.95 bits per heavy atom. The summed E-state index contributed by atoms with van der Waals surface area (Å²) in [6.45, 7) is 8.96. The fourth-order valence-corrected chi connectivity index (χ4v) is 4.52. The SMILES string of the molecule is CCCn1cc(S(=O)(=O)N(CCCl)C(CC)CC)nc1C. The third kappa shape index (κ3) is 4.20. The molecule has 0 atom stereocenters. The van der Waals surface area contributed by atoms with Crippen molar-refractivity contribution in [3.05, 3.63) is 12.0 Å². The van der Waals surface area contributed by atoms with Gasteiger partial charge in [-0.2, -0.15) is 4.31 Å². The maximum Gasteiger partial charge on any atom is 0.262 e. The van der Waals surface area contributed by atoms with Crippen molar-refractivity contribution in [1.29, 1.82) is 0 Å². The van der Waals surface area contributed by atoms with Gasteiger partial charge in [-0.3, -0.25) is 0 Å². The Balaban J connectivity index is 3.19. The van der Waals surface area contributed by atoms with Crippen LogP contribution in [0.3, 0.4) is 0 Å². The highest BCUT2D eigenvalue weighted by Gasteiger charge is 2.31. The fraction of sp³-hybridized carbons (Fsp3) is 0.786. The summed E-state index contributed by atoms with van der Waals surface area (Å²) in [6, 6.07) is -0.0367. The average molecular weight is 336 g/mol. The lowest BCUT2D eigenvalue weighted by atomic mass is 10.2. The lowest BCUT2D eigenvalue weighted by Gasteiger charge is -2.28. The molecule has 5 nitrogen and oxygen atoms in total. The Kier molecular flexibility index (Phi) is 7.16. The average Bonchev–Trinajstić information content (AvgIpc) is 2.82. The molecule has 0 aliphatic heterocycles. The van der Waals surface area contributed by atoms with E-state index in [0.29, 0.717) is 6.54 Å². The maximum atomic E-state index is 12.8. The largest absolute Gasteiger partial charge is 0.334 e. The second kappa shape index (κ2) is 8.15. The molecule has 0 aromatic carbocycles. The molecule has 0 aliphatic carbocycles. The predicted octanol–water partition coefficient (Wildman–Crippen LogP) is 3.02. The zero-order chi connectivity index (χ0) is 16.0. The lowest BCUT2D eigenvalue weighted by molar-refractivity contribution is 0.315. The Labute approximate surface area is 133 Å². The van der Waals surface area contributed by atoms with E-state index in [1.54, 1.807) is 6.20 Å². The van der Waals surface area contributed by atoms with Crippen molar-refractivity contribution in [2.75, 3.05) is 12.4 Å². The highest BCUT2D eigenvalue weighted by molar-refractivity contribution is 7.89. The molecule has 1 heterocycles. The molecule has 1 aromatic heterocycles. The Bertz CT molecular complexity index is 538. The summed E-state index contributed by atoms with van der Waals surface area (Å²) in [7, 11) is -3.59. The molecule has 21 heavy (non-hydrogen) atoms. The number of alkyl halides is 1. The van der Waals surface area contributed by atoms with E-state index in [9.17, 15) is 8.42 Å². The summed E-state index contributed by atoms with van der Waals surface area (Å²) in [4.78, 5) is 4.25. The van der Waals surface area contributed by atoms with Gasteiger partial charge in [0.25, 0.3) is 10.0 Å². The molecule has 0 unspecified atom stereocenters. The summed E-state index contributed by atoms with van der Waals surface area (Å²) in [5.74, 6) is 1.01. The second-order valence-electron chi connectivity index (χ2n) is 5.09. The molecule has 0 aliphatic rings. The summed E-state index contributed by atoms with van der Waals surface area (Å²) in [5.41, 5.74) is 0. The zero-order valence-corrected chi connectivity index (χ0v) is 14.9. The van der Waals surface area contributed by atoms with Crippen molar-refractivity contribution >= 4 is 21.6 Å². The Morgan fingerprint density at radius 1 is 1.33 bits per heavy atom. The van der Waals surface area contributed by atoms with E-state index in [0.717, 1.165) is 31.6 Å². The van der Waals surface area contributed by atoms with Crippen LogP contribution in [0.5, 0.6) is 0 Å². The predicted molar refractivity (Wildman–Crippen MR) is 86.2 cm³/mol. The van der Waals surface area contributed by atoms with Gasteiger partial charge in [0.15, 0.2) is 5.03 Å². The normalized spacial score (nSPS) is 12.5. The Morgan fingerprint density at radius 3 is 2.43 bits per heavy atom. The maximum absolute atomic E-state index is 12.8. The first kappa shape index (κ1) is 18.5. The smallest absolute Gasteiger partial charge is 0.262 e. The van der Waals surface area contributed by atoms with Crippen LogP contribution in [0.1, 0.15) is 45.9 Å².